The van der Waals surface area contributed by atoms with E-state index in [1.54, 1.807) is 0 Å². The SMILES string of the molecule is CCCCOc1ccc2c(c1)CCc1cc(OCCCC)ccc1-c1c-2nnn1-c1ccccc1. The number of unbranched alkanes of at least 4 members (excludes halogenated alkanes) is 2. The second-order valence-corrected chi connectivity index (χ2v) is 9.08. The zero-order valence-corrected chi connectivity index (χ0v) is 20.7. The summed E-state index contributed by atoms with van der Waals surface area (Å²) in [5, 5.41) is 9.32. The summed E-state index contributed by atoms with van der Waals surface area (Å²) in [7, 11) is 0. The number of nitrogens with zero attached hydrogens (tertiary/aromatic N) is 3. The van der Waals surface area contributed by atoms with E-state index in [0.717, 1.165) is 91.4 Å². The Morgan fingerprint density at radius 1 is 0.743 bits per heavy atom. The van der Waals surface area contributed by atoms with Crippen molar-refractivity contribution in [3.8, 4) is 39.7 Å². The molecule has 1 aliphatic carbocycles. The molecule has 1 aromatic heterocycles. The second-order valence-electron chi connectivity index (χ2n) is 9.08. The minimum Gasteiger partial charge on any atom is -0.494 e. The fourth-order valence-corrected chi connectivity index (χ4v) is 4.59. The number of hydrogen-bond acceptors (Lipinski definition) is 4. The summed E-state index contributed by atoms with van der Waals surface area (Å²) in [6, 6.07) is 23.1. The first-order valence-corrected chi connectivity index (χ1v) is 12.8. The Labute approximate surface area is 207 Å². The lowest BCUT2D eigenvalue weighted by molar-refractivity contribution is 0.309. The van der Waals surface area contributed by atoms with Crippen LogP contribution < -0.4 is 9.47 Å². The summed E-state index contributed by atoms with van der Waals surface area (Å²) < 4.78 is 14.0. The van der Waals surface area contributed by atoms with E-state index in [0.29, 0.717) is 0 Å². The first kappa shape index (κ1) is 23.2. The predicted octanol–water partition coefficient (Wildman–Crippen LogP) is 7.06. The van der Waals surface area contributed by atoms with Crippen molar-refractivity contribution in [1.29, 1.82) is 0 Å². The van der Waals surface area contributed by atoms with Gasteiger partial charge in [-0.3, -0.25) is 0 Å². The molecule has 1 heterocycles. The Kier molecular flexibility index (Phi) is 7.12. The van der Waals surface area contributed by atoms with E-state index >= 15 is 0 Å². The third-order valence-electron chi connectivity index (χ3n) is 6.53. The van der Waals surface area contributed by atoms with Crippen LogP contribution in [0.3, 0.4) is 0 Å². The lowest BCUT2D eigenvalue weighted by Gasteiger charge is -2.20. The maximum atomic E-state index is 6.05. The van der Waals surface area contributed by atoms with Gasteiger partial charge in [0.2, 0.25) is 0 Å². The van der Waals surface area contributed by atoms with Crippen LogP contribution in [-0.2, 0) is 12.8 Å². The first-order chi connectivity index (χ1) is 17.3. The minimum atomic E-state index is 0.741. The normalized spacial score (nSPS) is 12.2. The highest BCUT2D eigenvalue weighted by Crippen LogP contribution is 2.40. The van der Waals surface area contributed by atoms with Gasteiger partial charge >= 0.3 is 0 Å². The lowest BCUT2D eigenvalue weighted by atomic mass is 9.89. The number of ether oxygens (including phenoxy) is 2. The van der Waals surface area contributed by atoms with Crippen molar-refractivity contribution in [1.82, 2.24) is 15.0 Å². The highest BCUT2D eigenvalue weighted by Gasteiger charge is 2.25. The van der Waals surface area contributed by atoms with E-state index < -0.39 is 0 Å². The summed E-state index contributed by atoms with van der Waals surface area (Å²) in [5.74, 6) is 1.85. The number of aryl methyl sites for hydroxylation is 2. The smallest absolute Gasteiger partial charge is 0.121 e. The van der Waals surface area contributed by atoms with Crippen LogP contribution in [0.2, 0.25) is 0 Å². The second kappa shape index (κ2) is 10.8. The number of rotatable bonds is 9. The molecule has 0 fully saturated rings. The minimum absolute atomic E-state index is 0.741. The van der Waals surface area contributed by atoms with Gasteiger partial charge in [-0.05, 0) is 85.3 Å². The van der Waals surface area contributed by atoms with Crippen molar-refractivity contribution in [2.75, 3.05) is 13.2 Å². The van der Waals surface area contributed by atoms with Crippen LogP contribution in [0.15, 0.2) is 66.7 Å². The average molecular weight is 468 g/mol. The molecule has 0 amide bonds. The van der Waals surface area contributed by atoms with Gasteiger partial charge in [-0.2, -0.15) is 0 Å². The van der Waals surface area contributed by atoms with Gasteiger partial charge in [0.15, 0.2) is 0 Å². The van der Waals surface area contributed by atoms with Crippen molar-refractivity contribution in [3.63, 3.8) is 0 Å². The standard InChI is InChI=1S/C30H33N3O2/c1-3-5-18-34-25-14-16-27-22(20-25)12-13-23-21-26(35-19-6-4-2)15-17-28(23)30-29(27)31-32-33(30)24-10-8-7-9-11-24/h7-11,14-17,20-21H,3-6,12-13,18-19H2,1-2H3. The molecule has 3 aromatic carbocycles. The van der Waals surface area contributed by atoms with E-state index in [2.05, 4.69) is 67.6 Å². The maximum absolute atomic E-state index is 6.05. The molecule has 0 unspecified atom stereocenters. The first-order valence-electron chi connectivity index (χ1n) is 12.8. The van der Waals surface area contributed by atoms with Crippen molar-refractivity contribution in [3.05, 3.63) is 77.9 Å². The maximum Gasteiger partial charge on any atom is 0.121 e. The van der Waals surface area contributed by atoms with Gasteiger partial charge < -0.3 is 9.47 Å². The van der Waals surface area contributed by atoms with Crippen LogP contribution in [0.5, 0.6) is 11.5 Å². The molecular formula is C30H33N3O2. The molecule has 5 nitrogen and oxygen atoms in total. The number of aromatic nitrogens is 3. The van der Waals surface area contributed by atoms with Gasteiger partial charge in [-0.25, -0.2) is 4.68 Å². The molecule has 0 saturated carbocycles. The monoisotopic (exact) mass is 467 g/mol. The van der Waals surface area contributed by atoms with Crippen LogP contribution in [-0.4, -0.2) is 28.2 Å². The van der Waals surface area contributed by atoms with E-state index in [1.807, 2.05) is 22.9 Å². The number of benzene rings is 3. The number of hydrogen-bond donors (Lipinski definition) is 0. The van der Waals surface area contributed by atoms with Crippen LogP contribution in [0.1, 0.15) is 50.7 Å². The number of fused-ring (bicyclic) bond motifs is 5. The Morgan fingerprint density at radius 2 is 1.34 bits per heavy atom. The topological polar surface area (TPSA) is 49.2 Å². The van der Waals surface area contributed by atoms with Crippen molar-refractivity contribution in [2.24, 2.45) is 0 Å². The molecule has 35 heavy (non-hydrogen) atoms. The average Bonchev–Trinajstić information content (AvgIpc) is 3.32. The Balaban J connectivity index is 1.61. The lowest BCUT2D eigenvalue weighted by Crippen LogP contribution is -2.07. The summed E-state index contributed by atoms with van der Waals surface area (Å²) in [5.41, 5.74) is 7.70. The van der Waals surface area contributed by atoms with Crippen LogP contribution in [0.25, 0.3) is 28.2 Å². The van der Waals surface area contributed by atoms with Gasteiger partial charge in [0.1, 0.15) is 22.9 Å². The molecule has 5 heteroatoms. The van der Waals surface area contributed by atoms with E-state index in [9.17, 15) is 0 Å². The van der Waals surface area contributed by atoms with E-state index in [4.69, 9.17) is 14.6 Å². The van der Waals surface area contributed by atoms with Crippen LogP contribution in [0, 0.1) is 0 Å². The van der Waals surface area contributed by atoms with Crippen molar-refractivity contribution in [2.45, 2.75) is 52.4 Å². The van der Waals surface area contributed by atoms with Crippen molar-refractivity contribution >= 4 is 0 Å². The van der Waals surface area contributed by atoms with Gasteiger partial charge in [-0.1, -0.05) is 50.1 Å². The molecule has 1 aliphatic rings. The van der Waals surface area contributed by atoms with Gasteiger partial charge in [0, 0.05) is 11.1 Å². The molecule has 5 rings (SSSR count). The quantitative estimate of drug-likeness (QED) is 0.247. The summed E-state index contributed by atoms with van der Waals surface area (Å²) >= 11 is 0. The molecule has 0 atom stereocenters. The van der Waals surface area contributed by atoms with Crippen molar-refractivity contribution < 1.29 is 9.47 Å². The van der Waals surface area contributed by atoms with Gasteiger partial charge in [-0.15, -0.1) is 5.10 Å². The zero-order valence-electron chi connectivity index (χ0n) is 20.7. The molecule has 4 aromatic rings. The number of para-hydroxylation sites is 1. The van der Waals surface area contributed by atoms with Gasteiger partial charge in [0.05, 0.1) is 18.9 Å². The predicted molar refractivity (Wildman–Crippen MR) is 140 cm³/mol. The summed E-state index contributed by atoms with van der Waals surface area (Å²) in [6.07, 6.45) is 6.17. The van der Waals surface area contributed by atoms with Gasteiger partial charge in [0.25, 0.3) is 0 Å². The molecule has 0 bridgehead atoms. The van der Waals surface area contributed by atoms with E-state index in [-0.39, 0.29) is 0 Å². The van der Waals surface area contributed by atoms with E-state index in [1.165, 1.54) is 11.1 Å². The fourth-order valence-electron chi connectivity index (χ4n) is 4.59. The molecule has 0 saturated heterocycles. The third kappa shape index (κ3) is 4.95. The summed E-state index contributed by atoms with van der Waals surface area (Å²) in [4.78, 5) is 0. The molecule has 0 radical (unpaired) electrons. The highest BCUT2D eigenvalue weighted by molar-refractivity contribution is 5.83. The van der Waals surface area contributed by atoms with Crippen LogP contribution >= 0.6 is 0 Å². The fraction of sp³-hybridized carbons (Fsp3) is 0.333. The third-order valence-corrected chi connectivity index (χ3v) is 6.53. The Hall–Kier alpha value is -3.60. The highest BCUT2D eigenvalue weighted by atomic mass is 16.5. The summed E-state index contributed by atoms with van der Waals surface area (Å²) in [6.45, 7) is 5.84. The Morgan fingerprint density at radius 3 is 1.97 bits per heavy atom. The molecular weight excluding hydrogens is 434 g/mol. The molecule has 0 N–H and O–H groups in total. The molecule has 180 valence electrons. The molecule has 0 aliphatic heterocycles. The zero-order chi connectivity index (χ0) is 24.0. The Bertz CT molecular complexity index is 1280. The molecule has 0 spiro atoms. The largest absolute Gasteiger partial charge is 0.494 e. The van der Waals surface area contributed by atoms with Crippen LogP contribution in [0.4, 0.5) is 0 Å².